The molecule has 0 saturated heterocycles. The van der Waals surface area contributed by atoms with Crippen LogP contribution in [0.3, 0.4) is 0 Å². The Morgan fingerprint density at radius 3 is 2.12 bits per heavy atom. The first-order chi connectivity index (χ1) is 25.0. The summed E-state index contributed by atoms with van der Waals surface area (Å²) in [7, 11) is 0. The van der Waals surface area contributed by atoms with Gasteiger partial charge in [-0.3, -0.25) is 0 Å². The van der Waals surface area contributed by atoms with Crippen LogP contribution in [0.15, 0.2) is 182 Å². The minimum Gasteiger partial charge on any atom is -0.383 e. The van der Waals surface area contributed by atoms with E-state index < -0.39 is 0 Å². The zero-order chi connectivity index (χ0) is 35.3. The molecule has 0 aliphatic heterocycles. The zero-order valence-corrected chi connectivity index (χ0v) is 28.8. The smallest absolute Gasteiger partial charge is 0.131 e. The van der Waals surface area contributed by atoms with E-state index in [1.54, 1.807) is 0 Å². The second-order valence-corrected chi connectivity index (χ2v) is 12.3. The molecule has 2 N–H and O–H groups in total. The molecule has 0 unspecified atom stereocenters. The van der Waals surface area contributed by atoms with Gasteiger partial charge in [-0.2, -0.15) is 0 Å². The molecule has 0 fully saturated rings. The third kappa shape index (κ3) is 6.31. The van der Waals surface area contributed by atoms with Gasteiger partial charge in [0, 0.05) is 45.5 Å². The average molecular weight is 661 g/mol. The summed E-state index contributed by atoms with van der Waals surface area (Å²) in [5.74, 6) is 0.449. The lowest BCUT2D eigenvalue weighted by Crippen LogP contribution is -2.28. The van der Waals surface area contributed by atoms with Gasteiger partial charge in [0.2, 0.25) is 0 Å². The molecule has 7 aromatic rings. The first kappa shape index (κ1) is 32.9. The van der Waals surface area contributed by atoms with Gasteiger partial charge in [0.15, 0.2) is 0 Å². The Bertz CT molecular complexity index is 2590. The number of aromatic nitrogens is 2. The average Bonchev–Trinajstić information content (AvgIpc) is 3.73. The first-order valence-corrected chi connectivity index (χ1v) is 17.1. The van der Waals surface area contributed by atoms with Crippen molar-refractivity contribution in [3.8, 4) is 11.4 Å². The quantitative estimate of drug-likeness (QED) is 0.0887. The first-order valence-electron chi connectivity index (χ1n) is 17.1. The van der Waals surface area contributed by atoms with Crippen LogP contribution in [0, 0.1) is 0 Å². The van der Waals surface area contributed by atoms with Gasteiger partial charge in [-0.15, -0.1) is 0 Å². The van der Waals surface area contributed by atoms with Gasteiger partial charge < -0.3 is 14.9 Å². The van der Waals surface area contributed by atoms with Crippen molar-refractivity contribution < 1.29 is 0 Å². The van der Waals surface area contributed by atoms with Crippen LogP contribution in [-0.2, 0) is 6.42 Å². The normalized spacial score (nSPS) is 13.1. The number of rotatable bonds is 10. The molecule has 4 nitrogen and oxygen atoms in total. The Balaban J connectivity index is 1.28. The van der Waals surface area contributed by atoms with Gasteiger partial charge in [-0.1, -0.05) is 111 Å². The van der Waals surface area contributed by atoms with Gasteiger partial charge in [0.25, 0.3) is 0 Å². The number of aliphatic imine (C=N–C) groups is 1. The van der Waals surface area contributed by atoms with Crippen molar-refractivity contribution in [1.82, 2.24) is 9.13 Å². The lowest BCUT2D eigenvalue weighted by molar-refractivity contribution is 1.07. The Labute approximate surface area is 299 Å². The molecule has 0 aliphatic carbocycles. The van der Waals surface area contributed by atoms with Gasteiger partial charge >= 0.3 is 0 Å². The van der Waals surface area contributed by atoms with Crippen molar-refractivity contribution in [3.05, 3.63) is 204 Å². The maximum atomic E-state index is 6.71. The molecule has 7 rings (SSSR count). The number of allylic oxidation sites excluding steroid dienone is 5. The molecule has 0 saturated carbocycles. The summed E-state index contributed by atoms with van der Waals surface area (Å²) in [5, 5.41) is 4.62. The van der Waals surface area contributed by atoms with Crippen LogP contribution in [-0.4, -0.2) is 15.0 Å². The van der Waals surface area contributed by atoms with E-state index in [0.717, 1.165) is 61.3 Å². The Kier molecular flexibility index (Phi) is 9.32. The number of fused-ring (bicyclic) bond motifs is 2. The predicted octanol–water partition coefficient (Wildman–Crippen LogP) is 9.75. The number of benzene rings is 5. The second kappa shape index (κ2) is 14.5. The Morgan fingerprint density at radius 1 is 0.725 bits per heavy atom. The van der Waals surface area contributed by atoms with Crippen LogP contribution in [0.25, 0.3) is 50.9 Å². The SMILES string of the molecule is C=C/C=c1\c(=C/C)c2cc3ccn(-c4ccccc4)c3cc2n1-c1ccc(C(N)=Nc2ccccc2C/C(C=C)=C(/C=C)c2ccccc2)cc1. The van der Waals surface area contributed by atoms with E-state index in [4.69, 9.17) is 10.7 Å². The topological polar surface area (TPSA) is 48.2 Å². The largest absolute Gasteiger partial charge is 0.383 e. The maximum absolute atomic E-state index is 6.71. The number of para-hydroxylation sites is 2. The fourth-order valence-electron chi connectivity index (χ4n) is 6.91. The number of nitrogens with two attached hydrogens (primary N) is 1. The number of hydrogen-bond acceptors (Lipinski definition) is 1. The third-order valence-corrected chi connectivity index (χ3v) is 9.37. The van der Waals surface area contributed by atoms with E-state index in [0.29, 0.717) is 12.3 Å². The van der Waals surface area contributed by atoms with Gasteiger partial charge in [0.1, 0.15) is 5.84 Å². The van der Waals surface area contributed by atoms with Gasteiger partial charge in [-0.05, 0) is 95.9 Å². The molecule has 2 heterocycles. The molecule has 0 aliphatic rings. The molecule has 0 spiro atoms. The summed E-state index contributed by atoms with van der Waals surface area (Å²) in [4.78, 5) is 4.94. The summed E-state index contributed by atoms with van der Waals surface area (Å²) in [6.07, 6.45) is 12.7. The van der Waals surface area contributed by atoms with E-state index in [-0.39, 0.29) is 0 Å². The lowest BCUT2D eigenvalue weighted by atomic mass is 9.94. The van der Waals surface area contributed by atoms with Crippen molar-refractivity contribution in [2.45, 2.75) is 13.3 Å². The molecule has 2 aromatic heterocycles. The van der Waals surface area contributed by atoms with Crippen LogP contribution in [0.5, 0.6) is 0 Å². The van der Waals surface area contributed by atoms with Gasteiger partial charge in [0.05, 0.1) is 22.1 Å². The summed E-state index contributed by atoms with van der Waals surface area (Å²) in [6, 6.07) is 43.9. The molecule has 51 heavy (non-hydrogen) atoms. The predicted molar refractivity (Wildman–Crippen MR) is 218 cm³/mol. The van der Waals surface area contributed by atoms with Crippen LogP contribution in [0.2, 0.25) is 0 Å². The fraction of sp³-hybridized carbons (Fsp3) is 0.0426. The monoisotopic (exact) mass is 660 g/mol. The fourth-order valence-corrected chi connectivity index (χ4v) is 6.91. The van der Waals surface area contributed by atoms with Crippen LogP contribution < -0.4 is 16.3 Å². The van der Waals surface area contributed by atoms with E-state index in [1.807, 2.05) is 72.8 Å². The van der Waals surface area contributed by atoms with E-state index in [9.17, 15) is 0 Å². The standard InChI is InChI=1S/C47H40N4/c1-5-17-44-41(8-4)42-31-37-28-29-50(38-21-13-10-14-22-38)45(37)32-46(42)51(44)39-26-24-35(25-27-39)47(48)49-43-23-16-15-20-36(43)30-33(6-2)40(7-3)34-18-11-9-12-19-34/h5-29,31-32H,1-3,30H2,4H3,(H2,48,49)/b40-33-,41-8-,44-17+. The minimum atomic E-state index is 0.449. The molecule has 0 atom stereocenters. The highest BCUT2D eigenvalue weighted by Crippen LogP contribution is 2.29. The van der Waals surface area contributed by atoms with E-state index in [1.165, 1.54) is 16.0 Å². The molecule has 5 aromatic carbocycles. The molecule has 0 amide bonds. The molecular weight excluding hydrogens is 621 g/mol. The summed E-state index contributed by atoms with van der Waals surface area (Å²) in [6.45, 7) is 14.3. The van der Waals surface area contributed by atoms with Crippen molar-refractivity contribution in [3.63, 3.8) is 0 Å². The maximum Gasteiger partial charge on any atom is 0.131 e. The number of amidine groups is 1. The highest BCUT2D eigenvalue weighted by molar-refractivity contribution is 6.00. The number of nitrogens with zero attached hydrogens (tertiary/aromatic N) is 3. The summed E-state index contributed by atoms with van der Waals surface area (Å²) < 4.78 is 4.54. The van der Waals surface area contributed by atoms with Crippen LogP contribution >= 0.6 is 0 Å². The lowest BCUT2D eigenvalue weighted by Gasteiger charge is -2.13. The summed E-state index contributed by atoms with van der Waals surface area (Å²) in [5.41, 5.74) is 17.1. The van der Waals surface area contributed by atoms with Crippen molar-refractivity contribution in [2.75, 3.05) is 0 Å². The molecule has 4 heteroatoms. The Hall–Kier alpha value is -6.65. The minimum absolute atomic E-state index is 0.449. The van der Waals surface area contributed by atoms with Crippen LogP contribution in [0.1, 0.15) is 23.6 Å². The molecule has 0 bridgehead atoms. The van der Waals surface area contributed by atoms with Crippen molar-refractivity contribution >= 4 is 51.1 Å². The Morgan fingerprint density at radius 2 is 1.43 bits per heavy atom. The van der Waals surface area contributed by atoms with E-state index in [2.05, 4.69) is 127 Å². The summed E-state index contributed by atoms with van der Waals surface area (Å²) >= 11 is 0. The van der Waals surface area contributed by atoms with Crippen molar-refractivity contribution in [1.29, 1.82) is 0 Å². The molecule has 0 radical (unpaired) electrons. The van der Waals surface area contributed by atoms with Gasteiger partial charge in [-0.25, -0.2) is 4.99 Å². The number of hydrogen-bond donors (Lipinski definition) is 1. The van der Waals surface area contributed by atoms with Crippen molar-refractivity contribution in [2.24, 2.45) is 10.7 Å². The highest BCUT2D eigenvalue weighted by atomic mass is 15.0. The highest BCUT2D eigenvalue weighted by Gasteiger charge is 2.14. The molecular formula is C47H40N4. The second-order valence-electron chi connectivity index (χ2n) is 12.3. The molecule has 248 valence electrons. The third-order valence-electron chi connectivity index (χ3n) is 9.37. The zero-order valence-electron chi connectivity index (χ0n) is 28.8. The van der Waals surface area contributed by atoms with E-state index >= 15 is 0 Å². The van der Waals surface area contributed by atoms with Crippen LogP contribution in [0.4, 0.5) is 5.69 Å².